The summed E-state index contributed by atoms with van der Waals surface area (Å²) >= 11 is 0. The molecule has 0 aromatic carbocycles. The number of carbonyl (C=O) groups is 1. The fourth-order valence-electron chi connectivity index (χ4n) is 1.28. The molecule has 1 N–H and O–H groups in total. The third-order valence-corrected chi connectivity index (χ3v) is 2.54. The lowest BCUT2D eigenvalue weighted by Gasteiger charge is -1.95. The molecule has 1 aromatic heterocycles. The monoisotopic (exact) mass is 295 g/mol. The first-order chi connectivity index (χ1) is 9.47. The molecule has 1 aliphatic heterocycles. The van der Waals surface area contributed by atoms with Crippen molar-refractivity contribution in [3.63, 3.8) is 0 Å². The van der Waals surface area contributed by atoms with E-state index in [2.05, 4.69) is 20.4 Å². The quantitative estimate of drug-likeness (QED) is 0.770. The van der Waals surface area contributed by atoms with Gasteiger partial charge in [-0.05, 0) is 12.1 Å². The zero-order chi connectivity index (χ0) is 14.7. The molecule has 0 fully saturated rings. The zero-order valence-corrected chi connectivity index (χ0v) is 10.5. The Morgan fingerprint density at radius 3 is 2.40 bits per heavy atom. The predicted molar refractivity (Wildman–Crippen MR) is 65.4 cm³/mol. The number of hydrogen-bond donors (Lipinski definition) is 1. The van der Waals surface area contributed by atoms with Gasteiger partial charge in [0.25, 0.3) is 0 Å². The van der Waals surface area contributed by atoms with E-state index in [1.807, 2.05) is 12.3 Å². The summed E-state index contributed by atoms with van der Waals surface area (Å²) in [5.41, 5.74) is 1.45. The van der Waals surface area contributed by atoms with Crippen molar-refractivity contribution in [2.75, 3.05) is 0 Å². The maximum atomic E-state index is 12.8. The molecule has 0 unspecified atom stereocenters. The molecule has 20 heavy (non-hydrogen) atoms. The van der Waals surface area contributed by atoms with Crippen LogP contribution in [-0.4, -0.2) is 29.5 Å². The Bertz CT molecular complexity index is 795. The van der Waals surface area contributed by atoms with Crippen LogP contribution in [0.25, 0.3) is 11.3 Å². The Morgan fingerprint density at radius 2 is 2.05 bits per heavy atom. The summed E-state index contributed by atoms with van der Waals surface area (Å²) in [4.78, 5) is 17.4. The highest BCUT2D eigenvalue weighted by Crippen LogP contribution is 2.29. The van der Waals surface area contributed by atoms with E-state index in [0.717, 1.165) is 6.20 Å². The van der Waals surface area contributed by atoms with Gasteiger partial charge in [-0.15, -0.1) is 4.36 Å². The molecule has 2 heterocycles. The lowest BCUT2D eigenvalue weighted by Crippen LogP contribution is -2.03. The van der Waals surface area contributed by atoms with Gasteiger partial charge in [-0.2, -0.15) is 8.42 Å². The van der Waals surface area contributed by atoms with E-state index in [4.69, 9.17) is 5.11 Å². The van der Waals surface area contributed by atoms with Gasteiger partial charge in [-0.25, -0.2) is 14.2 Å². The fourth-order valence-corrected chi connectivity index (χ4v) is 1.55. The molecule has 102 valence electrons. The van der Waals surface area contributed by atoms with Crippen LogP contribution in [0.2, 0.25) is 0 Å². The first-order valence-corrected chi connectivity index (χ1v) is 6.17. The molecule has 2 aliphatic rings. The first-order valence-electron chi connectivity index (χ1n) is 5.14. The summed E-state index contributed by atoms with van der Waals surface area (Å²) in [6.45, 7) is 0. The Labute approximate surface area is 113 Å². The van der Waals surface area contributed by atoms with Gasteiger partial charge < -0.3 is 5.11 Å². The van der Waals surface area contributed by atoms with Crippen LogP contribution in [0.5, 0.6) is 0 Å². The number of halogens is 1. The van der Waals surface area contributed by atoms with E-state index in [1.165, 1.54) is 11.3 Å². The minimum Gasteiger partial charge on any atom is -0.476 e. The highest BCUT2D eigenvalue weighted by Gasteiger charge is 2.12. The standard InChI is InChI=1S/C6H3FN2O4S.C5H3N/c7-4-1-3(9-14(12)13)2-8-5(4)6(10)11;1-2-6-5-3-4(1)5/h1-2H,(H,10,11);1-3H. The van der Waals surface area contributed by atoms with E-state index >= 15 is 0 Å². The summed E-state index contributed by atoms with van der Waals surface area (Å²) in [6.07, 6.45) is 2.67. The average Bonchev–Trinajstić information content (AvgIpc) is 2.95. The Morgan fingerprint density at radius 1 is 1.30 bits per heavy atom. The van der Waals surface area contributed by atoms with Crippen molar-refractivity contribution in [3.8, 4) is 11.3 Å². The summed E-state index contributed by atoms with van der Waals surface area (Å²) < 4.78 is 35.9. The van der Waals surface area contributed by atoms with Crippen LogP contribution < -0.4 is 0 Å². The van der Waals surface area contributed by atoms with Gasteiger partial charge in [0.15, 0.2) is 11.5 Å². The maximum absolute atomic E-state index is 12.8. The Kier molecular flexibility index (Phi) is 3.80. The molecule has 1 aliphatic carbocycles. The van der Waals surface area contributed by atoms with Crippen LogP contribution in [0.4, 0.5) is 10.1 Å². The highest BCUT2D eigenvalue weighted by molar-refractivity contribution is 7.61. The zero-order valence-electron chi connectivity index (χ0n) is 9.69. The van der Waals surface area contributed by atoms with Gasteiger partial charge in [0.1, 0.15) is 5.69 Å². The lowest BCUT2D eigenvalue weighted by atomic mass is 10.3. The van der Waals surface area contributed by atoms with Gasteiger partial charge in [0.2, 0.25) is 0 Å². The number of aromatic carboxylic acids is 1. The van der Waals surface area contributed by atoms with Gasteiger partial charge in [0, 0.05) is 17.8 Å². The largest absolute Gasteiger partial charge is 0.476 e. The molecule has 0 spiro atoms. The SMILES string of the molecule is O=C(O)c1ncc(N=S(=O)=O)cc1F.c1cc2cc-2n1. The van der Waals surface area contributed by atoms with Crippen molar-refractivity contribution in [3.05, 3.63) is 42.1 Å². The molecular weight excluding hydrogens is 289 g/mol. The minimum atomic E-state index is -2.72. The van der Waals surface area contributed by atoms with E-state index in [-0.39, 0.29) is 5.69 Å². The number of aromatic nitrogens is 2. The maximum Gasteiger partial charge on any atom is 0.357 e. The molecule has 0 saturated carbocycles. The normalized spacial score (nSPS) is 10.1. The second kappa shape index (κ2) is 5.53. The van der Waals surface area contributed by atoms with E-state index in [9.17, 15) is 17.6 Å². The van der Waals surface area contributed by atoms with Crippen molar-refractivity contribution >= 4 is 22.2 Å². The summed E-state index contributed by atoms with van der Waals surface area (Å²) in [5, 5.41) is 8.38. The van der Waals surface area contributed by atoms with Crippen LogP contribution in [0.3, 0.4) is 0 Å². The van der Waals surface area contributed by atoms with Crippen molar-refractivity contribution in [1.82, 2.24) is 9.97 Å². The molecule has 0 bridgehead atoms. The van der Waals surface area contributed by atoms with Gasteiger partial charge >= 0.3 is 16.5 Å². The number of pyridine rings is 2. The van der Waals surface area contributed by atoms with Crippen molar-refractivity contribution in [2.24, 2.45) is 4.36 Å². The van der Waals surface area contributed by atoms with E-state index in [1.54, 1.807) is 0 Å². The summed E-state index contributed by atoms with van der Waals surface area (Å²) in [5.74, 6) is -2.67. The van der Waals surface area contributed by atoms with Crippen LogP contribution in [0.15, 0.2) is 35.0 Å². The molecule has 1 aromatic rings. The van der Waals surface area contributed by atoms with Gasteiger partial charge in [-0.1, -0.05) is 0 Å². The summed E-state index contributed by atoms with van der Waals surface area (Å²) in [7, 11) is -2.72. The van der Waals surface area contributed by atoms with Crippen molar-refractivity contribution in [1.29, 1.82) is 0 Å². The third kappa shape index (κ3) is 3.42. The molecule has 0 amide bonds. The first kappa shape index (κ1) is 13.7. The summed E-state index contributed by atoms with van der Waals surface area (Å²) in [6, 6.07) is 4.74. The number of nitrogens with zero attached hydrogens (tertiary/aromatic N) is 3. The van der Waals surface area contributed by atoms with Crippen molar-refractivity contribution < 1.29 is 22.7 Å². The lowest BCUT2D eigenvalue weighted by molar-refractivity contribution is 0.0685. The van der Waals surface area contributed by atoms with Gasteiger partial charge in [-0.3, -0.25) is 4.98 Å². The third-order valence-electron chi connectivity index (χ3n) is 2.18. The predicted octanol–water partition coefficient (Wildman–Crippen LogP) is 1.68. The van der Waals surface area contributed by atoms with E-state index < -0.39 is 28.0 Å². The Balaban J connectivity index is 0.000000198. The van der Waals surface area contributed by atoms with Crippen molar-refractivity contribution in [2.45, 2.75) is 0 Å². The second-order valence-electron chi connectivity index (χ2n) is 3.57. The number of rotatable bonds is 2. The average molecular weight is 295 g/mol. The molecule has 7 nitrogen and oxygen atoms in total. The smallest absolute Gasteiger partial charge is 0.357 e. The Hall–Kier alpha value is -2.68. The number of carboxylic acids is 1. The van der Waals surface area contributed by atoms with Crippen LogP contribution in [0.1, 0.15) is 10.5 Å². The molecule has 9 heteroatoms. The fraction of sp³-hybridized carbons (Fsp3) is 0. The minimum absolute atomic E-state index is 0.263. The molecule has 0 atom stereocenters. The highest BCUT2D eigenvalue weighted by atomic mass is 32.2. The number of fused-ring (bicyclic) bond motifs is 1. The van der Waals surface area contributed by atoms with Gasteiger partial charge in [0.05, 0.1) is 11.9 Å². The number of hydrogen-bond acceptors (Lipinski definition) is 6. The topological polar surface area (TPSA) is 110 Å². The van der Waals surface area contributed by atoms with E-state index in [0.29, 0.717) is 6.07 Å². The molecule has 0 radical (unpaired) electrons. The number of carboxylic acid groups (broad SMARTS) is 1. The molecular formula is C11H6FN3O4S. The van der Waals surface area contributed by atoms with Crippen LogP contribution in [-0.2, 0) is 10.5 Å². The second-order valence-corrected chi connectivity index (χ2v) is 4.18. The molecule has 0 saturated heterocycles. The molecule has 3 rings (SSSR count). The van der Waals surface area contributed by atoms with Crippen LogP contribution in [0, 0.1) is 5.82 Å². The van der Waals surface area contributed by atoms with Crippen LogP contribution >= 0.6 is 0 Å².